The van der Waals surface area contributed by atoms with Crippen LogP contribution in [0.1, 0.15) is 37.0 Å². The van der Waals surface area contributed by atoms with Gasteiger partial charge < -0.3 is 14.5 Å². The number of rotatable bonds is 7. The summed E-state index contributed by atoms with van der Waals surface area (Å²) in [4.78, 5) is 12.5. The van der Waals surface area contributed by atoms with E-state index in [2.05, 4.69) is 15.5 Å². The van der Waals surface area contributed by atoms with Crippen LogP contribution in [-0.4, -0.2) is 21.4 Å². The second-order valence-electron chi connectivity index (χ2n) is 6.69. The number of hydrogen-bond acceptors (Lipinski definition) is 6. The Morgan fingerprint density at radius 3 is 2.59 bits per heavy atom. The van der Waals surface area contributed by atoms with Gasteiger partial charge in [0.2, 0.25) is 5.91 Å². The molecular formula is C21H22FN3O3S. The molecule has 8 heteroatoms. The van der Waals surface area contributed by atoms with Gasteiger partial charge in [-0.2, -0.15) is 0 Å². The molecule has 3 rings (SSSR count). The molecule has 1 N–H and O–H groups in total. The van der Waals surface area contributed by atoms with Crippen LogP contribution in [-0.2, 0) is 4.79 Å². The third kappa shape index (κ3) is 5.57. The summed E-state index contributed by atoms with van der Waals surface area (Å²) in [6, 6.07) is 11.6. The summed E-state index contributed by atoms with van der Waals surface area (Å²) in [6.07, 6.45) is -0.513. The molecule has 152 valence electrons. The summed E-state index contributed by atoms with van der Waals surface area (Å²) in [6.45, 7) is 7.44. The van der Waals surface area contributed by atoms with Gasteiger partial charge >= 0.3 is 0 Å². The normalized spacial score (nSPS) is 13.0. The minimum Gasteiger partial charge on any atom is -0.481 e. The van der Waals surface area contributed by atoms with E-state index in [-0.39, 0.29) is 22.8 Å². The molecule has 29 heavy (non-hydrogen) atoms. The van der Waals surface area contributed by atoms with Crippen molar-refractivity contribution in [1.29, 1.82) is 0 Å². The fourth-order valence-electron chi connectivity index (χ4n) is 2.51. The first kappa shape index (κ1) is 20.9. The van der Waals surface area contributed by atoms with Gasteiger partial charge in [0.05, 0.1) is 5.25 Å². The molecule has 0 radical (unpaired) electrons. The minimum absolute atomic E-state index is 0.154. The largest absolute Gasteiger partial charge is 0.481 e. The van der Waals surface area contributed by atoms with Gasteiger partial charge in [0, 0.05) is 5.69 Å². The van der Waals surface area contributed by atoms with Gasteiger partial charge in [-0.25, -0.2) is 4.39 Å². The number of carbonyl (C=O) groups excluding carboxylic acids is 1. The number of halogens is 1. The van der Waals surface area contributed by atoms with Crippen LogP contribution >= 0.6 is 11.8 Å². The van der Waals surface area contributed by atoms with Crippen molar-refractivity contribution < 1.29 is 18.3 Å². The highest BCUT2D eigenvalue weighted by Crippen LogP contribution is 2.27. The van der Waals surface area contributed by atoms with E-state index in [1.165, 1.54) is 36.0 Å². The summed E-state index contributed by atoms with van der Waals surface area (Å²) >= 11 is 1.17. The molecule has 0 aliphatic carbocycles. The second-order valence-corrected chi connectivity index (χ2v) is 7.98. The van der Waals surface area contributed by atoms with Crippen molar-refractivity contribution in [3.05, 3.63) is 65.3 Å². The lowest BCUT2D eigenvalue weighted by Crippen LogP contribution is -2.22. The smallest absolute Gasteiger partial charge is 0.277 e. The maximum absolute atomic E-state index is 13.0. The molecule has 0 bridgehead atoms. The fraction of sp³-hybridized carbons (Fsp3) is 0.286. The van der Waals surface area contributed by atoms with Gasteiger partial charge in [0.1, 0.15) is 11.6 Å². The molecule has 0 aliphatic rings. The van der Waals surface area contributed by atoms with Crippen LogP contribution in [0.25, 0.3) is 0 Å². The molecule has 0 spiro atoms. The molecule has 2 aromatic carbocycles. The van der Waals surface area contributed by atoms with Crippen molar-refractivity contribution in [3.8, 4) is 5.75 Å². The number of hydrogen-bond donors (Lipinski definition) is 1. The van der Waals surface area contributed by atoms with Crippen molar-refractivity contribution in [2.75, 3.05) is 5.32 Å². The van der Waals surface area contributed by atoms with E-state index >= 15 is 0 Å². The lowest BCUT2D eigenvalue weighted by atomic mass is 10.1. The zero-order chi connectivity index (χ0) is 21.0. The van der Waals surface area contributed by atoms with Crippen LogP contribution in [0.5, 0.6) is 5.75 Å². The molecule has 0 aliphatic heterocycles. The van der Waals surface area contributed by atoms with Crippen LogP contribution in [0.15, 0.2) is 52.1 Å². The molecule has 1 amide bonds. The third-order valence-corrected chi connectivity index (χ3v) is 5.13. The van der Waals surface area contributed by atoms with Crippen molar-refractivity contribution >= 4 is 23.4 Å². The fourth-order valence-corrected chi connectivity index (χ4v) is 3.20. The Morgan fingerprint density at radius 2 is 1.86 bits per heavy atom. The van der Waals surface area contributed by atoms with Crippen molar-refractivity contribution in [2.45, 2.75) is 44.3 Å². The molecule has 1 aromatic heterocycles. The Hall–Kier alpha value is -2.87. The number of amides is 1. The molecule has 0 unspecified atom stereocenters. The standard InChI is InChI=1S/C21H22FN3O3S/c1-12-5-6-13(2)18(11-12)23-19(26)15(4)29-21-25-24-20(28-21)14(3)27-17-9-7-16(22)8-10-17/h5-11,14-15H,1-4H3,(H,23,26)/t14-,15+/m1/s1. The monoisotopic (exact) mass is 415 g/mol. The summed E-state index contributed by atoms with van der Waals surface area (Å²) in [7, 11) is 0. The predicted molar refractivity (Wildman–Crippen MR) is 110 cm³/mol. The second kappa shape index (κ2) is 9.09. The van der Waals surface area contributed by atoms with E-state index in [1.54, 1.807) is 13.8 Å². The first-order valence-electron chi connectivity index (χ1n) is 9.12. The number of aromatic nitrogens is 2. The number of thioether (sulfide) groups is 1. The highest BCUT2D eigenvalue weighted by atomic mass is 32.2. The minimum atomic E-state index is -0.513. The Balaban J connectivity index is 1.59. The SMILES string of the molecule is Cc1ccc(C)c(NC(=O)[C@H](C)Sc2nnc([C@@H](C)Oc3ccc(F)cc3)o2)c1. The number of ether oxygens (including phenoxy) is 1. The van der Waals surface area contributed by atoms with Gasteiger partial charge in [-0.3, -0.25) is 4.79 Å². The first-order valence-corrected chi connectivity index (χ1v) is 10.00. The quantitative estimate of drug-likeness (QED) is 0.542. The number of carbonyl (C=O) groups is 1. The molecule has 2 atom stereocenters. The number of benzene rings is 2. The van der Waals surface area contributed by atoms with Crippen LogP contribution in [0.4, 0.5) is 10.1 Å². The highest BCUT2D eigenvalue weighted by molar-refractivity contribution is 8.00. The Bertz CT molecular complexity index is 991. The third-order valence-electron chi connectivity index (χ3n) is 4.19. The van der Waals surface area contributed by atoms with Gasteiger partial charge in [-0.15, -0.1) is 10.2 Å². The zero-order valence-corrected chi connectivity index (χ0v) is 17.4. The molecule has 6 nitrogen and oxygen atoms in total. The Morgan fingerprint density at radius 1 is 1.14 bits per heavy atom. The van der Waals surface area contributed by atoms with Crippen LogP contribution in [0, 0.1) is 19.7 Å². The van der Waals surface area contributed by atoms with Gasteiger partial charge in [-0.1, -0.05) is 23.9 Å². The first-order chi connectivity index (χ1) is 13.8. The van der Waals surface area contributed by atoms with Crippen molar-refractivity contribution in [3.63, 3.8) is 0 Å². The maximum atomic E-state index is 13.0. The zero-order valence-electron chi connectivity index (χ0n) is 16.6. The van der Waals surface area contributed by atoms with Crippen LogP contribution in [0.2, 0.25) is 0 Å². The molecule has 0 saturated heterocycles. The summed E-state index contributed by atoms with van der Waals surface area (Å²) < 4.78 is 24.3. The van der Waals surface area contributed by atoms with E-state index in [0.717, 1.165) is 16.8 Å². The molecule has 1 heterocycles. The average Bonchev–Trinajstić information content (AvgIpc) is 3.15. The Labute approximate surface area is 172 Å². The molecule has 3 aromatic rings. The van der Waals surface area contributed by atoms with Crippen molar-refractivity contribution in [2.24, 2.45) is 0 Å². The lowest BCUT2D eigenvalue weighted by Gasteiger charge is -2.13. The maximum Gasteiger partial charge on any atom is 0.277 e. The summed E-state index contributed by atoms with van der Waals surface area (Å²) in [5.74, 6) is 0.278. The van der Waals surface area contributed by atoms with E-state index in [1.807, 2.05) is 32.0 Å². The number of nitrogens with one attached hydrogen (secondary N) is 1. The lowest BCUT2D eigenvalue weighted by molar-refractivity contribution is -0.115. The predicted octanol–water partition coefficient (Wildman–Crippen LogP) is 5.08. The average molecular weight is 415 g/mol. The molecule has 0 saturated carbocycles. The van der Waals surface area contributed by atoms with Gasteiger partial charge in [0.15, 0.2) is 6.10 Å². The van der Waals surface area contributed by atoms with E-state index in [4.69, 9.17) is 9.15 Å². The highest BCUT2D eigenvalue weighted by Gasteiger charge is 2.21. The summed E-state index contributed by atoms with van der Waals surface area (Å²) in [5, 5.41) is 10.7. The van der Waals surface area contributed by atoms with E-state index in [9.17, 15) is 9.18 Å². The number of aryl methyl sites for hydroxylation is 2. The topological polar surface area (TPSA) is 77.2 Å². The molecule has 0 fully saturated rings. The van der Waals surface area contributed by atoms with Crippen LogP contribution in [0.3, 0.4) is 0 Å². The van der Waals surface area contributed by atoms with Crippen molar-refractivity contribution in [1.82, 2.24) is 10.2 Å². The van der Waals surface area contributed by atoms with Crippen LogP contribution < -0.4 is 10.1 Å². The molecular weight excluding hydrogens is 393 g/mol. The van der Waals surface area contributed by atoms with Gasteiger partial charge in [-0.05, 0) is 69.2 Å². The van der Waals surface area contributed by atoms with E-state index < -0.39 is 11.4 Å². The van der Waals surface area contributed by atoms with E-state index in [0.29, 0.717) is 5.75 Å². The van der Waals surface area contributed by atoms with Gasteiger partial charge in [0.25, 0.3) is 11.1 Å². The number of anilines is 1. The number of nitrogens with zero attached hydrogens (tertiary/aromatic N) is 2. The summed E-state index contributed by atoms with van der Waals surface area (Å²) in [5.41, 5.74) is 2.85. The Kier molecular flexibility index (Phi) is 6.53.